The molecule has 0 aliphatic heterocycles. The second kappa shape index (κ2) is 8.80. The first-order valence-electron chi connectivity index (χ1n) is 9.10. The number of amides is 2. The fraction of sp³-hybridized carbons (Fsp3) is 0.364. The maximum atomic E-state index is 12.9. The third-order valence-electron chi connectivity index (χ3n) is 4.40. The number of rotatable bonds is 6. The Morgan fingerprint density at radius 2 is 1.59 bits per heavy atom. The van der Waals surface area contributed by atoms with E-state index in [1.807, 2.05) is 19.1 Å². The largest absolute Gasteiger partial charge is 0.352 e. The Balaban J connectivity index is 1.78. The molecule has 1 atom stereocenters. The highest BCUT2D eigenvalue weighted by molar-refractivity contribution is 5.94. The average molecular weight is 370 g/mol. The topological polar surface area (TPSA) is 58.2 Å². The summed E-state index contributed by atoms with van der Waals surface area (Å²) in [6, 6.07) is 13.3. The summed E-state index contributed by atoms with van der Waals surface area (Å²) in [6.45, 7) is 8.44. The molecule has 0 heterocycles. The molecule has 2 N–H and O–H groups in total. The zero-order valence-electron chi connectivity index (χ0n) is 16.3. The number of nitrogens with one attached hydrogen (secondary N) is 2. The molecule has 0 saturated carbocycles. The van der Waals surface area contributed by atoms with E-state index < -0.39 is 0 Å². The van der Waals surface area contributed by atoms with Crippen LogP contribution < -0.4 is 10.6 Å². The van der Waals surface area contributed by atoms with Crippen molar-refractivity contribution in [2.24, 2.45) is 0 Å². The van der Waals surface area contributed by atoms with Gasteiger partial charge in [0.25, 0.3) is 5.91 Å². The summed E-state index contributed by atoms with van der Waals surface area (Å²) >= 11 is 0. The average Bonchev–Trinajstić information content (AvgIpc) is 2.61. The highest BCUT2D eigenvalue weighted by Gasteiger charge is 2.14. The standard InChI is InChI=1S/C22H27FN2O2/c1-15(16-7-11-19(23)12-8-16)25-20(26)13-14-24-21(27)17-5-9-18(10-6-17)22(2,3)4/h5-12,15H,13-14H2,1-4H3,(H,24,27)(H,25,26)/t15-/m0/s1. The fourth-order valence-electron chi connectivity index (χ4n) is 2.66. The van der Waals surface area contributed by atoms with Gasteiger partial charge in [-0.1, -0.05) is 45.0 Å². The fourth-order valence-corrected chi connectivity index (χ4v) is 2.66. The first-order valence-corrected chi connectivity index (χ1v) is 9.10. The Hall–Kier alpha value is -2.69. The van der Waals surface area contributed by atoms with E-state index in [0.717, 1.165) is 11.1 Å². The minimum Gasteiger partial charge on any atom is -0.352 e. The van der Waals surface area contributed by atoms with Crippen molar-refractivity contribution in [2.75, 3.05) is 6.54 Å². The van der Waals surface area contributed by atoms with Crippen LogP contribution in [0.15, 0.2) is 48.5 Å². The molecule has 0 bridgehead atoms. The van der Waals surface area contributed by atoms with Gasteiger partial charge in [0, 0.05) is 18.5 Å². The van der Waals surface area contributed by atoms with E-state index in [-0.39, 0.29) is 42.1 Å². The van der Waals surface area contributed by atoms with Crippen molar-refractivity contribution in [3.8, 4) is 0 Å². The zero-order valence-corrected chi connectivity index (χ0v) is 16.3. The molecule has 0 fully saturated rings. The molecule has 2 rings (SSSR count). The molecular formula is C22H27FN2O2. The summed E-state index contributed by atoms with van der Waals surface area (Å²) < 4.78 is 12.9. The molecule has 2 amide bonds. The number of hydrogen-bond donors (Lipinski definition) is 2. The first kappa shape index (κ1) is 20.6. The van der Waals surface area contributed by atoms with Crippen LogP contribution in [0.3, 0.4) is 0 Å². The van der Waals surface area contributed by atoms with E-state index in [0.29, 0.717) is 5.56 Å². The number of carbonyl (C=O) groups is 2. The monoisotopic (exact) mass is 370 g/mol. The molecule has 27 heavy (non-hydrogen) atoms. The Morgan fingerprint density at radius 1 is 1.00 bits per heavy atom. The molecule has 0 radical (unpaired) electrons. The molecule has 0 spiro atoms. The molecule has 4 nitrogen and oxygen atoms in total. The van der Waals surface area contributed by atoms with Crippen LogP contribution in [-0.4, -0.2) is 18.4 Å². The molecule has 0 aliphatic rings. The van der Waals surface area contributed by atoms with Crippen LogP contribution in [0.1, 0.15) is 61.6 Å². The zero-order chi connectivity index (χ0) is 20.0. The van der Waals surface area contributed by atoms with Gasteiger partial charge in [-0.2, -0.15) is 0 Å². The van der Waals surface area contributed by atoms with Crippen LogP contribution in [0.25, 0.3) is 0 Å². The van der Waals surface area contributed by atoms with Gasteiger partial charge in [-0.15, -0.1) is 0 Å². The molecule has 0 unspecified atom stereocenters. The van der Waals surface area contributed by atoms with E-state index in [2.05, 4.69) is 31.4 Å². The minimum atomic E-state index is -0.310. The lowest BCUT2D eigenvalue weighted by molar-refractivity contribution is -0.121. The van der Waals surface area contributed by atoms with Crippen molar-refractivity contribution in [1.29, 1.82) is 0 Å². The second-order valence-corrected chi connectivity index (χ2v) is 7.67. The van der Waals surface area contributed by atoms with E-state index in [4.69, 9.17) is 0 Å². The van der Waals surface area contributed by atoms with Crippen molar-refractivity contribution in [3.05, 3.63) is 71.0 Å². The normalized spacial score (nSPS) is 12.3. The SMILES string of the molecule is C[C@H](NC(=O)CCNC(=O)c1ccc(C(C)(C)C)cc1)c1ccc(F)cc1. The predicted molar refractivity (Wildman–Crippen MR) is 105 cm³/mol. The van der Waals surface area contributed by atoms with Crippen molar-refractivity contribution in [3.63, 3.8) is 0 Å². The Morgan fingerprint density at radius 3 is 2.15 bits per heavy atom. The van der Waals surface area contributed by atoms with Crippen molar-refractivity contribution < 1.29 is 14.0 Å². The summed E-state index contributed by atoms with van der Waals surface area (Å²) in [7, 11) is 0. The van der Waals surface area contributed by atoms with E-state index >= 15 is 0 Å². The summed E-state index contributed by atoms with van der Waals surface area (Å²) in [4.78, 5) is 24.2. The summed E-state index contributed by atoms with van der Waals surface area (Å²) in [5.74, 6) is -0.680. The van der Waals surface area contributed by atoms with E-state index in [9.17, 15) is 14.0 Å². The number of halogens is 1. The van der Waals surface area contributed by atoms with Crippen LogP contribution in [0.2, 0.25) is 0 Å². The maximum Gasteiger partial charge on any atom is 0.251 e. The highest BCUT2D eigenvalue weighted by Crippen LogP contribution is 2.22. The maximum absolute atomic E-state index is 12.9. The Kier molecular flexibility index (Phi) is 6.72. The van der Waals surface area contributed by atoms with Gasteiger partial charge >= 0.3 is 0 Å². The van der Waals surface area contributed by atoms with Crippen LogP contribution >= 0.6 is 0 Å². The molecule has 0 saturated heterocycles. The molecule has 2 aromatic rings. The Labute approximate surface area is 160 Å². The van der Waals surface area contributed by atoms with E-state index in [1.54, 1.807) is 24.3 Å². The third-order valence-corrected chi connectivity index (χ3v) is 4.40. The quantitative estimate of drug-likeness (QED) is 0.804. The Bertz CT molecular complexity index is 777. The van der Waals surface area contributed by atoms with Gasteiger partial charge in [0.1, 0.15) is 5.82 Å². The summed E-state index contributed by atoms with van der Waals surface area (Å²) in [5.41, 5.74) is 2.60. The number of hydrogen-bond acceptors (Lipinski definition) is 2. The van der Waals surface area contributed by atoms with Crippen molar-refractivity contribution in [2.45, 2.75) is 45.6 Å². The smallest absolute Gasteiger partial charge is 0.251 e. The lowest BCUT2D eigenvalue weighted by Gasteiger charge is -2.19. The summed E-state index contributed by atoms with van der Waals surface area (Å²) in [6.07, 6.45) is 0.178. The highest BCUT2D eigenvalue weighted by atomic mass is 19.1. The van der Waals surface area contributed by atoms with E-state index in [1.165, 1.54) is 12.1 Å². The van der Waals surface area contributed by atoms with Gasteiger partial charge in [0.2, 0.25) is 5.91 Å². The molecule has 2 aromatic carbocycles. The van der Waals surface area contributed by atoms with Gasteiger partial charge in [-0.3, -0.25) is 9.59 Å². The van der Waals surface area contributed by atoms with Gasteiger partial charge in [-0.05, 0) is 47.7 Å². The van der Waals surface area contributed by atoms with Crippen LogP contribution in [0.5, 0.6) is 0 Å². The predicted octanol–water partition coefficient (Wildman–Crippen LogP) is 4.12. The second-order valence-electron chi connectivity index (χ2n) is 7.67. The lowest BCUT2D eigenvalue weighted by atomic mass is 9.87. The minimum absolute atomic E-state index is 0.0360. The van der Waals surface area contributed by atoms with Gasteiger partial charge < -0.3 is 10.6 Å². The number of benzene rings is 2. The molecule has 0 aromatic heterocycles. The van der Waals surface area contributed by atoms with Crippen molar-refractivity contribution in [1.82, 2.24) is 10.6 Å². The van der Waals surface area contributed by atoms with Crippen molar-refractivity contribution >= 4 is 11.8 Å². The van der Waals surface area contributed by atoms with Gasteiger partial charge in [0.15, 0.2) is 0 Å². The molecule has 0 aliphatic carbocycles. The van der Waals surface area contributed by atoms with Gasteiger partial charge in [-0.25, -0.2) is 4.39 Å². The first-order chi connectivity index (χ1) is 12.7. The van der Waals surface area contributed by atoms with Gasteiger partial charge in [0.05, 0.1) is 6.04 Å². The van der Waals surface area contributed by atoms with Crippen LogP contribution in [0, 0.1) is 5.82 Å². The number of carbonyl (C=O) groups excluding carboxylic acids is 2. The molecular weight excluding hydrogens is 343 g/mol. The molecule has 144 valence electrons. The van der Waals surface area contributed by atoms with Crippen LogP contribution in [0.4, 0.5) is 4.39 Å². The van der Waals surface area contributed by atoms with Crippen LogP contribution in [-0.2, 0) is 10.2 Å². The summed E-state index contributed by atoms with van der Waals surface area (Å²) in [5, 5.41) is 5.60. The molecule has 5 heteroatoms. The lowest BCUT2D eigenvalue weighted by Crippen LogP contribution is -2.32. The third kappa shape index (κ3) is 6.20.